The first-order valence-corrected chi connectivity index (χ1v) is 18.0. The van der Waals surface area contributed by atoms with Crippen molar-refractivity contribution in [2.75, 3.05) is 25.2 Å². The summed E-state index contributed by atoms with van der Waals surface area (Å²) in [5.74, 6) is 0.448. The van der Waals surface area contributed by atoms with Gasteiger partial charge in [-0.15, -0.1) is 6.42 Å². The molecule has 4 heterocycles. The molecule has 0 spiro atoms. The number of Topliss-reactive ketones (excluding diaryl/α,β-unsaturated/α-hetero) is 1. The molecule has 5 atom stereocenters. The third-order valence-electron chi connectivity index (χ3n) is 9.25. The number of aromatic amines is 1. The highest BCUT2D eigenvalue weighted by atomic mass is 35.5. The van der Waals surface area contributed by atoms with Gasteiger partial charge in [0.2, 0.25) is 10.9 Å². The van der Waals surface area contributed by atoms with Crippen LogP contribution in [0.1, 0.15) is 60.3 Å². The van der Waals surface area contributed by atoms with Crippen LogP contribution >= 0.6 is 11.6 Å². The predicted octanol–water partition coefficient (Wildman–Crippen LogP) is 4.83. The van der Waals surface area contributed by atoms with Gasteiger partial charge in [-0.25, -0.2) is 14.6 Å². The number of ketones is 1. The molecule has 1 saturated heterocycles. The molecule has 3 aromatic heterocycles. The molecule has 0 bridgehead atoms. The summed E-state index contributed by atoms with van der Waals surface area (Å²) in [4.78, 5) is 81.9. The predicted molar refractivity (Wildman–Crippen MR) is 204 cm³/mol. The number of carbonyl (C=O) groups is 4. The molecule has 4 aromatic rings. The zero-order valence-electron chi connectivity index (χ0n) is 32.2. The molecule has 296 valence electrons. The first kappa shape index (κ1) is 41.5. The average molecular weight is 791 g/mol. The number of esters is 2. The maximum absolute atomic E-state index is 13.7. The third-order valence-corrected chi connectivity index (χ3v) is 9.42. The minimum atomic E-state index is -2.15. The minimum absolute atomic E-state index is 0.0268. The van der Waals surface area contributed by atoms with Gasteiger partial charge in [-0.3, -0.25) is 23.9 Å². The van der Waals surface area contributed by atoms with E-state index >= 15 is 0 Å². The molecular weight excluding hydrogens is 748 g/mol. The van der Waals surface area contributed by atoms with Gasteiger partial charge in [0.1, 0.15) is 11.7 Å². The molecule has 0 radical (unpaired) electrons. The van der Waals surface area contributed by atoms with E-state index in [4.69, 9.17) is 41.7 Å². The number of carbonyl (C=O) groups excluding carboxylic acids is 4. The minimum Gasteiger partial charge on any atom is -0.463 e. The van der Waals surface area contributed by atoms with Crippen LogP contribution in [0.25, 0.3) is 22.3 Å². The van der Waals surface area contributed by atoms with E-state index in [-0.39, 0.29) is 40.9 Å². The van der Waals surface area contributed by atoms with Gasteiger partial charge in [0.05, 0.1) is 25.0 Å². The summed E-state index contributed by atoms with van der Waals surface area (Å²) in [6, 6.07) is 10.1. The largest absolute Gasteiger partial charge is 0.463 e. The Bertz CT molecular complexity index is 2240. The van der Waals surface area contributed by atoms with Crippen molar-refractivity contribution in [2.24, 2.45) is 5.41 Å². The van der Waals surface area contributed by atoms with Crippen LogP contribution < -0.4 is 10.5 Å². The summed E-state index contributed by atoms with van der Waals surface area (Å²) in [6.07, 6.45) is 4.53. The number of fused-ring (bicyclic) bond motifs is 1. The van der Waals surface area contributed by atoms with Crippen molar-refractivity contribution >= 4 is 52.4 Å². The lowest BCUT2D eigenvalue weighted by Gasteiger charge is -2.33. The zero-order valence-corrected chi connectivity index (χ0v) is 33.0. The second kappa shape index (κ2) is 16.2. The van der Waals surface area contributed by atoms with Crippen molar-refractivity contribution in [2.45, 2.75) is 84.5 Å². The Labute approximate surface area is 327 Å². The number of anilines is 1. The zero-order chi connectivity index (χ0) is 41.2. The van der Waals surface area contributed by atoms with Crippen LogP contribution in [0, 0.1) is 17.8 Å². The van der Waals surface area contributed by atoms with Gasteiger partial charge in [-0.2, -0.15) is 9.97 Å². The Morgan fingerprint density at radius 3 is 2.41 bits per heavy atom. The van der Waals surface area contributed by atoms with Gasteiger partial charge < -0.3 is 28.7 Å². The van der Waals surface area contributed by atoms with Crippen molar-refractivity contribution in [1.29, 1.82) is 0 Å². The molecule has 1 aliphatic heterocycles. The number of hydrogen-bond acceptors (Lipinski definition) is 13. The van der Waals surface area contributed by atoms with E-state index in [2.05, 4.69) is 25.9 Å². The van der Waals surface area contributed by atoms with Crippen LogP contribution in [0.2, 0.25) is 5.28 Å². The second-order valence-electron chi connectivity index (χ2n) is 14.4. The lowest BCUT2D eigenvalue weighted by Crippen LogP contribution is -2.53. The number of H-pyrrole nitrogens is 1. The van der Waals surface area contributed by atoms with Crippen LogP contribution in [0.4, 0.5) is 10.6 Å². The van der Waals surface area contributed by atoms with Gasteiger partial charge in [0, 0.05) is 32.2 Å². The number of nitrogens with zero attached hydrogens (tertiary/aromatic N) is 5. The van der Waals surface area contributed by atoms with E-state index in [1.165, 1.54) is 38.0 Å². The molecule has 16 nitrogen and oxygen atoms in total. The molecule has 1 fully saturated rings. The second-order valence-corrected chi connectivity index (χ2v) is 14.7. The van der Waals surface area contributed by atoms with Crippen molar-refractivity contribution in [3.05, 3.63) is 70.1 Å². The Morgan fingerprint density at radius 1 is 1.12 bits per heavy atom. The first-order chi connectivity index (χ1) is 26.3. The van der Waals surface area contributed by atoms with Crippen molar-refractivity contribution < 1.29 is 42.9 Å². The van der Waals surface area contributed by atoms with Gasteiger partial charge >= 0.3 is 18.0 Å². The fourth-order valence-electron chi connectivity index (χ4n) is 6.29. The summed E-state index contributed by atoms with van der Waals surface area (Å²) in [6.45, 7) is 10.3. The maximum atomic E-state index is 13.7. The number of nitrogens with one attached hydrogen (secondary N) is 1. The molecule has 5 rings (SSSR count). The summed E-state index contributed by atoms with van der Waals surface area (Å²) < 4.78 is 30.9. The first-order valence-electron chi connectivity index (χ1n) is 17.6. The highest BCUT2D eigenvalue weighted by Gasteiger charge is 2.58. The Hall–Kier alpha value is -5.63. The average Bonchev–Trinajstić information content (AvgIpc) is 3.67. The van der Waals surface area contributed by atoms with E-state index in [0.717, 1.165) is 4.90 Å². The normalized spacial score (nSPS) is 20.5. The van der Waals surface area contributed by atoms with E-state index < -0.39 is 65.5 Å². The Kier molecular flexibility index (Phi) is 12.0. The van der Waals surface area contributed by atoms with Crippen LogP contribution in [0.5, 0.6) is 0 Å². The summed E-state index contributed by atoms with van der Waals surface area (Å²) in [5, 5.41) is -0.240. The van der Waals surface area contributed by atoms with E-state index in [0.29, 0.717) is 16.7 Å². The Morgan fingerprint density at radius 2 is 1.82 bits per heavy atom. The number of halogens is 1. The van der Waals surface area contributed by atoms with Crippen LogP contribution in [-0.4, -0.2) is 92.0 Å². The molecule has 56 heavy (non-hydrogen) atoms. The van der Waals surface area contributed by atoms with Gasteiger partial charge in [-0.05, 0) is 76.4 Å². The SMILES string of the molecule is C#C[C@@]1(C)[C@@H](COC(Cc2ccc(-c3ccc[nH]c3=O)cc2)(C(C)=O)C(=O)OCC)O[C@@H](n2cnc3c(N(C)C(=O)OC(C)(C)C)nc(Cl)nc32)[C@@H]1OC(C)=O. The number of rotatable bonds is 12. The number of aromatic nitrogens is 5. The molecule has 1 aromatic carbocycles. The highest BCUT2D eigenvalue weighted by molar-refractivity contribution is 6.28. The summed E-state index contributed by atoms with van der Waals surface area (Å²) >= 11 is 6.36. The van der Waals surface area contributed by atoms with Crippen molar-refractivity contribution in [3.63, 3.8) is 0 Å². The fourth-order valence-corrected chi connectivity index (χ4v) is 6.45. The third kappa shape index (κ3) is 8.30. The smallest absolute Gasteiger partial charge is 0.415 e. The molecule has 1 N–H and O–H groups in total. The summed E-state index contributed by atoms with van der Waals surface area (Å²) in [7, 11) is 1.44. The van der Waals surface area contributed by atoms with Gasteiger partial charge in [0.25, 0.3) is 5.56 Å². The summed E-state index contributed by atoms with van der Waals surface area (Å²) in [5.41, 5.74) is -2.85. The molecule has 1 aliphatic rings. The van der Waals surface area contributed by atoms with Gasteiger partial charge in [0.15, 0.2) is 35.1 Å². The number of ether oxygens (including phenoxy) is 5. The highest BCUT2D eigenvalue weighted by Crippen LogP contribution is 2.47. The van der Waals surface area contributed by atoms with Crippen molar-refractivity contribution in [1.82, 2.24) is 24.5 Å². The lowest BCUT2D eigenvalue weighted by atomic mass is 9.81. The van der Waals surface area contributed by atoms with Crippen LogP contribution in [0.15, 0.2) is 53.7 Å². The molecule has 1 unspecified atom stereocenters. The number of pyridine rings is 1. The quantitative estimate of drug-likeness (QED) is 0.0675. The topological polar surface area (TPSA) is 194 Å². The van der Waals surface area contributed by atoms with E-state index in [1.807, 2.05) is 0 Å². The Balaban J connectivity index is 1.51. The lowest BCUT2D eigenvalue weighted by molar-refractivity contribution is -0.182. The molecule has 0 saturated carbocycles. The van der Waals surface area contributed by atoms with E-state index in [9.17, 15) is 24.0 Å². The molecule has 1 amide bonds. The standard InChI is InChI=1S/C39H43ClN6O10/c1-10-38(8)27(20-53-39(22(3)47,34(50)52-11-2)19-24-14-16-25(17-15-24)26-13-12-18-41-32(26)49)55-33(29(38)54-23(4)48)46-21-42-28-30(43-35(40)44-31(28)46)45(9)36(51)56-37(5,6)7/h1,12-18,21,27,29,33H,11,19-20H2,2-9H3,(H,41,49)/t27-,29+,33-,38+,39?/m1/s1. The number of imidazole rings is 1. The number of amides is 1. The monoisotopic (exact) mass is 790 g/mol. The van der Waals surface area contributed by atoms with Crippen LogP contribution in [0.3, 0.4) is 0 Å². The number of terminal acetylenes is 1. The molecule has 0 aliphatic carbocycles. The molecule has 17 heteroatoms. The van der Waals surface area contributed by atoms with E-state index in [1.54, 1.807) is 71.0 Å². The maximum Gasteiger partial charge on any atom is 0.415 e. The van der Waals surface area contributed by atoms with Crippen LogP contribution in [-0.2, 0) is 44.5 Å². The number of benzene rings is 1. The fraction of sp³-hybridized carbons (Fsp3) is 0.436. The van der Waals surface area contributed by atoms with Gasteiger partial charge in [-0.1, -0.05) is 30.2 Å². The molecular formula is C39H43ClN6O10. The van der Waals surface area contributed by atoms with Crippen molar-refractivity contribution in [3.8, 4) is 23.5 Å². The number of hydrogen-bond donors (Lipinski definition) is 1.